The zero-order valence-corrected chi connectivity index (χ0v) is 16.6. The summed E-state index contributed by atoms with van der Waals surface area (Å²) >= 11 is 0. The van der Waals surface area contributed by atoms with E-state index in [1.54, 1.807) is 19.2 Å². The van der Waals surface area contributed by atoms with Crippen molar-refractivity contribution in [3.63, 3.8) is 0 Å². The molecule has 28 heavy (non-hydrogen) atoms. The predicted octanol–water partition coefficient (Wildman–Crippen LogP) is 3.75. The number of carbonyl (C=O) groups is 2. The number of benzene rings is 2. The maximum atomic E-state index is 12.5. The average Bonchev–Trinajstić information content (AvgIpc) is 3.52. The number of ether oxygens (including phenoxy) is 1. The van der Waals surface area contributed by atoms with Gasteiger partial charge < -0.3 is 20.3 Å². The Balaban J connectivity index is 1.54. The van der Waals surface area contributed by atoms with Crippen molar-refractivity contribution in [1.82, 2.24) is 0 Å². The van der Waals surface area contributed by atoms with Gasteiger partial charge in [-0.15, -0.1) is 0 Å². The predicted molar refractivity (Wildman–Crippen MR) is 112 cm³/mol. The van der Waals surface area contributed by atoms with Crippen molar-refractivity contribution in [2.45, 2.75) is 20.3 Å². The first-order chi connectivity index (χ1) is 13.6. The molecule has 0 spiro atoms. The molecule has 0 aliphatic heterocycles. The minimum atomic E-state index is -0.306. The van der Waals surface area contributed by atoms with Crippen LogP contribution in [0.25, 0.3) is 0 Å². The second-order valence-corrected chi connectivity index (χ2v) is 6.85. The molecule has 0 bridgehead atoms. The summed E-state index contributed by atoms with van der Waals surface area (Å²) in [6.45, 7) is 6.10. The zero-order valence-electron chi connectivity index (χ0n) is 16.6. The van der Waals surface area contributed by atoms with Gasteiger partial charge in [-0.05, 0) is 56.7 Å². The topological polar surface area (TPSA) is 70.7 Å². The van der Waals surface area contributed by atoms with Gasteiger partial charge in [0.2, 0.25) is 11.8 Å². The standard InChI is InChI=1S/C22H27N3O3/c1-4-25(5-2)16-12-10-15(11-13-16)23-21(26)17-14-18(17)22(27)24-19-8-6-7-9-20(19)28-3/h6-13,17-18H,4-5,14H2,1-3H3,(H,23,26)(H,24,27). The number of amides is 2. The molecule has 2 N–H and O–H groups in total. The highest BCUT2D eigenvalue weighted by molar-refractivity contribution is 6.03. The monoisotopic (exact) mass is 381 g/mol. The fourth-order valence-corrected chi connectivity index (χ4v) is 3.33. The first kappa shape index (κ1) is 19.7. The lowest BCUT2D eigenvalue weighted by atomic mass is 10.2. The summed E-state index contributed by atoms with van der Waals surface area (Å²) in [5, 5.41) is 5.77. The van der Waals surface area contributed by atoms with E-state index in [0.29, 0.717) is 17.9 Å². The lowest BCUT2D eigenvalue weighted by Crippen LogP contribution is -2.22. The Morgan fingerprint density at radius 2 is 1.57 bits per heavy atom. The molecule has 1 fully saturated rings. The number of anilines is 3. The van der Waals surface area contributed by atoms with Crippen LogP contribution in [-0.4, -0.2) is 32.0 Å². The van der Waals surface area contributed by atoms with Gasteiger partial charge in [0.05, 0.1) is 24.6 Å². The Labute approximate surface area is 165 Å². The van der Waals surface area contributed by atoms with E-state index in [0.717, 1.165) is 24.5 Å². The van der Waals surface area contributed by atoms with Gasteiger partial charge >= 0.3 is 0 Å². The zero-order chi connectivity index (χ0) is 20.1. The highest BCUT2D eigenvalue weighted by atomic mass is 16.5. The molecule has 2 aromatic carbocycles. The summed E-state index contributed by atoms with van der Waals surface area (Å²) in [4.78, 5) is 27.2. The normalized spacial score (nSPS) is 17.5. The second-order valence-electron chi connectivity index (χ2n) is 6.85. The van der Waals surface area contributed by atoms with E-state index < -0.39 is 0 Å². The molecular weight excluding hydrogens is 354 g/mol. The molecule has 0 radical (unpaired) electrons. The van der Waals surface area contributed by atoms with Crippen molar-refractivity contribution in [1.29, 1.82) is 0 Å². The highest BCUT2D eigenvalue weighted by Crippen LogP contribution is 2.41. The van der Waals surface area contributed by atoms with Crippen LogP contribution in [0.3, 0.4) is 0 Å². The molecule has 0 saturated heterocycles. The van der Waals surface area contributed by atoms with E-state index in [9.17, 15) is 9.59 Å². The molecule has 3 rings (SSSR count). The number of hydrogen-bond acceptors (Lipinski definition) is 4. The van der Waals surface area contributed by atoms with E-state index in [1.165, 1.54) is 0 Å². The fraction of sp³-hybridized carbons (Fsp3) is 0.364. The van der Waals surface area contributed by atoms with Crippen molar-refractivity contribution < 1.29 is 14.3 Å². The van der Waals surface area contributed by atoms with Crippen molar-refractivity contribution in [2.24, 2.45) is 11.8 Å². The van der Waals surface area contributed by atoms with Crippen LogP contribution in [-0.2, 0) is 9.59 Å². The van der Waals surface area contributed by atoms with Crippen molar-refractivity contribution >= 4 is 28.9 Å². The third-order valence-electron chi connectivity index (χ3n) is 5.09. The average molecular weight is 381 g/mol. The third kappa shape index (κ3) is 4.44. The molecule has 1 saturated carbocycles. The lowest BCUT2D eigenvalue weighted by Gasteiger charge is -2.21. The molecule has 2 amide bonds. The molecule has 2 unspecified atom stereocenters. The summed E-state index contributed by atoms with van der Waals surface area (Å²) in [5.41, 5.74) is 2.49. The van der Waals surface area contributed by atoms with E-state index in [1.807, 2.05) is 36.4 Å². The van der Waals surface area contributed by atoms with Crippen LogP contribution in [0.2, 0.25) is 0 Å². The van der Waals surface area contributed by atoms with Gasteiger partial charge in [0, 0.05) is 24.5 Å². The van der Waals surface area contributed by atoms with Gasteiger partial charge in [0.15, 0.2) is 0 Å². The van der Waals surface area contributed by atoms with Crippen LogP contribution < -0.4 is 20.3 Å². The number of para-hydroxylation sites is 2. The number of nitrogens with one attached hydrogen (secondary N) is 2. The molecule has 148 valence electrons. The van der Waals surface area contributed by atoms with Gasteiger partial charge in [-0.1, -0.05) is 12.1 Å². The fourth-order valence-electron chi connectivity index (χ4n) is 3.33. The smallest absolute Gasteiger partial charge is 0.228 e. The number of rotatable bonds is 8. The van der Waals surface area contributed by atoms with Crippen LogP contribution in [0.15, 0.2) is 48.5 Å². The summed E-state index contributed by atoms with van der Waals surface area (Å²) in [5.74, 6) is -0.264. The molecule has 1 aliphatic rings. The largest absolute Gasteiger partial charge is 0.495 e. The van der Waals surface area contributed by atoms with Crippen LogP contribution in [0.5, 0.6) is 5.75 Å². The Hall–Kier alpha value is -3.02. The molecular formula is C22H27N3O3. The number of hydrogen-bond donors (Lipinski definition) is 2. The first-order valence-corrected chi connectivity index (χ1v) is 9.67. The quantitative estimate of drug-likeness (QED) is 0.730. The van der Waals surface area contributed by atoms with Crippen LogP contribution in [0.4, 0.5) is 17.1 Å². The summed E-state index contributed by atoms with van der Waals surface area (Å²) < 4.78 is 5.24. The van der Waals surface area contributed by atoms with Gasteiger partial charge in [0.25, 0.3) is 0 Å². The number of carbonyl (C=O) groups excluding carboxylic acids is 2. The Morgan fingerprint density at radius 1 is 0.964 bits per heavy atom. The third-order valence-corrected chi connectivity index (χ3v) is 5.09. The van der Waals surface area contributed by atoms with Crippen molar-refractivity contribution in [3.8, 4) is 5.75 Å². The summed E-state index contributed by atoms with van der Waals surface area (Å²) in [6, 6.07) is 15.0. The van der Waals surface area contributed by atoms with Gasteiger partial charge in [-0.25, -0.2) is 0 Å². The molecule has 2 aromatic rings. The molecule has 0 aromatic heterocycles. The first-order valence-electron chi connectivity index (χ1n) is 9.67. The second kappa shape index (κ2) is 8.78. The molecule has 0 heterocycles. The van der Waals surface area contributed by atoms with E-state index in [4.69, 9.17) is 4.74 Å². The van der Waals surface area contributed by atoms with Crippen LogP contribution in [0.1, 0.15) is 20.3 Å². The Bertz CT molecular complexity index is 831. The Kier molecular flexibility index (Phi) is 6.19. The van der Waals surface area contributed by atoms with Gasteiger partial charge in [0.1, 0.15) is 5.75 Å². The van der Waals surface area contributed by atoms with Crippen LogP contribution >= 0.6 is 0 Å². The molecule has 1 aliphatic carbocycles. The molecule has 2 atom stereocenters. The van der Waals surface area contributed by atoms with Crippen molar-refractivity contribution in [3.05, 3.63) is 48.5 Å². The highest BCUT2D eigenvalue weighted by Gasteiger charge is 2.48. The minimum absolute atomic E-state index is 0.115. The number of nitrogens with zero attached hydrogens (tertiary/aromatic N) is 1. The maximum Gasteiger partial charge on any atom is 0.228 e. The molecule has 6 nitrogen and oxygen atoms in total. The number of methoxy groups -OCH3 is 1. The van der Waals surface area contributed by atoms with Crippen LogP contribution in [0, 0.1) is 11.8 Å². The SMILES string of the molecule is CCN(CC)c1ccc(NC(=O)C2CC2C(=O)Nc2ccccc2OC)cc1. The van der Waals surface area contributed by atoms with E-state index in [-0.39, 0.29) is 23.7 Å². The maximum absolute atomic E-state index is 12.5. The van der Waals surface area contributed by atoms with E-state index in [2.05, 4.69) is 29.4 Å². The minimum Gasteiger partial charge on any atom is -0.495 e. The van der Waals surface area contributed by atoms with E-state index >= 15 is 0 Å². The molecule has 6 heteroatoms. The lowest BCUT2D eigenvalue weighted by molar-refractivity contribution is -0.122. The Morgan fingerprint density at radius 3 is 2.18 bits per heavy atom. The van der Waals surface area contributed by atoms with Gasteiger partial charge in [-0.3, -0.25) is 9.59 Å². The summed E-state index contributed by atoms with van der Waals surface area (Å²) in [6.07, 6.45) is 0.560. The van der Waals surface area contributed by atoms with Crippen molar-refractivity contribution in [2.75, 3.05) is 35.7 Å². The van der Waals surface area contributed by atoms with Gasteiger partial charge in [-0.2, -0.15) is 0 Å². The summed E-state index contributed by atoms with van der Waals surface area (Å²) in [7, 11) is 1.56.